The van der Waals surface area contributed by atoms with Crippen molar-refractivity contribution >= 4 is 17.5 Å². The van der Waals surface area contributed by atoms with E-state index in [2.05, 4.69) is 38.0 Å². The van der Waals surface area contributed by atoms with E-state index in [4.69, 9.17) is 5.11 Å². The van der Waals surface area contributed by atoms with Crippen LogP contribution in [0.3, 0.4) is 0 Å². The monoisotopic (exact) mass is 288 g/mol. The zero-order chi connectivity index (χ0) is 14.5. The Hall–Kier alpha value is -0.0600. The van der Waals surface area contributed by atoms with Crippen LogP contribution in [0.5, 0.6) is 0 Å². The third-order valence-corrected chi connectivity index (χ3v) is 4.07. The number of aliphatic hydroxyl groups excluding tert-OH is 1. The summed E-state index contributed by atoms with van der Waals surface area (Å²) >= 11 is 1.96. The summed E-state index contributed by atoms with van der Waals surface area (Å²) < 4.78 is 0. The fourth-order valence-electron chi connectivity index (χ4n) is 1.85. The normalized spacial score (nSPS) is 14.1. The second-order valence-electron chi connectivity index (χ2n) is 5.58. The average Bonchev–Trinajstić information content (AvgIpc) is 2.33. The standard InChI is InChI=1S/C15H32N2OS/c1-13(2)11-14(3)16-7-8-17-15(4)12-19-10-6-5-9-18/h13,15,17-18H,5-12H2,1-4H3. The summed E-state index contributed by atoms with van der Waals surface area (Å²) in [5, 5.41) is 12.2. The quantitative estimate of drug-likeness (QED) is 0.429. The van der Waals surface area contributed by atoms with Gasteiger partial charge in [-0.25, -0.2) is 0 Å². The first-order valence-corrected chi connectivity index (χ1v) is 8.63. The lowest BCUT2D eigenvalue weighted by molar-refractivity contribution is 0.287. The number of unbranched alkanes of at least 4 members (excludes halogenated alkanes) is 1. The summed E-state index contributed by atoms with van der Waals surface area (Å²) in [4.78, 5) is 4.58. The highest BCUT2D eigenvalue weighted by Crippen LogP contribution is 2.06. The molecule has 0 radical (unpaired) electrons. The predicted molar refractivity (Wildman–Crippen MR) is 88.5 cm³/mol. The number of hydrogen-bond donors (Lipinski definition) is 2. The van der Waals surface area contributed by atoms with Gasteiger partial charge < -0.3 is 10.4 Å². The van der Waals surface area contributed by atoms with Gasteiger partial charge in [0.2, 0.25) is 0 Å². The molecule has 3 nitrogen and oxygen atoms in total. The van der Waals surface area contributed by atoms with Crippen molar-refractivity contribution in [3.05, 3.63) is 0 Å². The molecule has 2 N–H and O–H groups in total. The maximum Gasteiger partial charge on any atom is 0.0513 e. The molecule has 0 aliphatic rings. The molecule has 1 atom stereocenters. The fraction of sp³-hybridized carbons (Fsp3) is 0.933. The summed E-state index contributed by atoms with van der Waals surface area (Å²) in [6, 6.07) is 0.541. The Morgan fingerprint density at radius 2 is 2.00 bits per heavy atom. The number of nitrogens with one attached hydrogen (secondary N) is 1. The first-order chi connectivity index (χ1) is 9.06. The molecule has 0 spiro atoms. The molecule has 0 heterocycles. The minimum Gasteiger partial charge on any atom is -0.396 e. The van der Waals surface area contributed by atoms with E-state index in [-0.39, 0.29) is 0 Å². The lowest BCUT2D eigenvalue weighted by Crippen LogP contribution is -2.30. The zero-order valence-corrected chi connectivity index (χ0v) is 13.9. The van der Waals surface area contributed by atoms with Gasteiger partial charge in [0.1, 0.15) is 0 Å². The van der Waals surface area contributed by atoms with E-state index in [0.717, 1.165) is 43.9 Å². The molecule has 114 valence electrons. The van der Waals surface area contributed by atoms with Gasteiger partial charge in [0.25, 0.3) is 0 Å². The van der Waals surface area contributed by atoms with Crippen LogP contribution in [0.4, 0.5) is 0 Å². The Balaban J connectivity index is 3.44. The second-order valence-corrected chi connectivity index (χ2v) is 6.73. The Kier molecular flexibility index (Phi) is 12.9. The van der Waals surface area contributed by atoms with Gasteiger partial charge in [0.05, 0.1) is 6.54 Å². The first kappa shape index (κ1) is 18.9. The number of thioether (sulfide) groups is 1. The van der Waals surface area contributed by atoms with Crippen LogP contribution in [-0.4, -0.2) is 48.1 Å². The summed E-state index contributed by atoms with van der Waals surface area (Å²) in [5.74, 6) is 2.99. The zero-order valence-electron chi connectivity index (χ0n) is 13.1. The summed E-state index contributed by atoms with van der Waals surface area (Å²) in [6.45, 7) is 11.0. The van der Waals surface area contributed by atoms with Crippen molar-refractivity contribution in [1.29, 1.82) is 0 Å². The number of aliphatic imine (C=N–C) groups is 1. The smallest absolute Gasteiger partial charge is 0.0513 e. The van der Waals surface area contributed by atoms with Gasteiger partial charge in [-0.2, -0.15) is 11.8 Å². The Labute approximate surface area is 123 Å². The van der Waals surface area contributed by atoms with Crippen molar-refractivity contribution in [3.8, 4) is 0 Å². The summed E-state index contributed by atoms with van der Waals surface area (Å²) in [7, 11) is 0. The van der Waals surface area contributed by atoms with E-state index in [1.165, 1.54) is 5.71 Å². The predicted octanol–water partition coefficient (Wildman–Crippen LogP) is 2.98. The number of aliphatic hydroxyl groups is 1. The van der Waals surface area contributed by atoms with Crippen LogP contribution in [0.15, 0.2) is 4.99 Å². The van der Waals surface area contributed by atoms with Crippen molar-refractivity contribution < 1.29 is 5.11 Å². The highest BCUT2D eigenvalue weighted by Gasteiger charge is 2.01. The number of nitrogens with zero attached hydrogens (tertiary/aromatic N) is 1. The van der Waals surface area contributed by atoms with Crippen LogP contribution in [0, 0.1) is 5.92 Å². The molecule has 0 aliphatic heterocycles. The highest BCUT2D eigenvalue weighted by atomic mass is 32.2. The van der Waals surface area contributed by atoms with Gasteiger partial charge >= 0.3 is 0 Å². The molecule has 0 aromatic carbocycles. The topological polar surface area (TPSA) is 44.6 Å². The summed E-state index contributed by atoms with van der Waals surface area (Å²) in [6.07, 6.45) is 3.15. The lowest BCUT2D eigenvalue weighted by Gasteiger charge is -2.12. The van der Waals surface area contributed by atoms with Gasteiger partial charge in [0.15, 0.2) is 0 Å². The third-order valence-electron chi connectivity index (χ3n) is 2.75. The maximum atomic E-state index is 8.68. The van der Waals surface area contributed by atoms with Gasteiger partial charge in [-0.05, 0) is 44.8 Å². The first-order valence-electron chi connectivity index (χ1n) is 7.48. The Bertz CT molecular complexity index is 232. The van der Waals surface area contributed by atoms with E-state index in [1.54, 1.807) is 0 Å². The van der Waals surface area contributed by atoms with E-state index in [0.29, 0.717) is 18.6 Å². The number of rotatable bonds is 12. The molecule has 0 saturated carbocycles. The van der Waals surface area contributed by atoms with E-state index >= 15 is 0 Å². The van der Waals surface area contributed by atoms with Crippen LogP contribution in [0.1, 0.15) is 47.0 Å². The Morgan fingerprint density at radius 1 is 1.26 bits per heavy atom. The van der Waals surface area contributed by atoms with Gasteiger partial charge in [-0.3, -0.25) is 4.99 Å². The number of hydrogen-bond acceptors (Lipinski definition) is 4. The molecule has 0 aromatic heterocycles. The maximum absolute atomic E-state index is 8.68. The van der Waals surface area contributed by atoms with Gasteiger partial charge in [0, 0.05) is 30.7 Å². The molecule has 0 saturated heterocycles. The van der Waals surface area contributed by atoms with Crippen molar-refractivity contribution in [3.63, 3.8) is 0 Å². The highest BCUT2D eigenvalue weighted by molar-refractivity contribution is 7.99. The average molecular weight is 289 g/mol. The molecule has 0 bridgehead atoms. The van der Waals surface area contributed by atoms with Crippen LogP contribution >= 0.6 is 11.8 Å². The molecule has 4 heteroatoms. The minimum atomic E-state index is 0.322. The van der Waals surface area contributed by atoms with Crippen molar-refractivity contribution in [2.45, 2.75) is 53.0 Å². The van der Waals surface area contributed by atoms with Crippen molar-refractivity contribution in [2.75, 3.05) is 31.2 Å². The van der Waals surface area contributed by atoms with E-state index in [1.807, 2.05) is 11.8 Å². The second kappa shape index (κ2) is 12.9. The molecular formula is C15H32N2OS. The third kappa shape index (κ3) is 14.2. The molecule has 19 heavy (non-hydrogen) atoms. The van der Waals surface area contributed by atoms with E-state index in [9.17, 15) is 0 Å². The SMILES string of the molecule is CC(CC(C)C)=NCCNC(C)CSCCCCO. The molecule has 0 aliphatic carbocycles. The van der Waals surface area contributed by atoms with Crippen LogP contribution in [0.2, 0.25) is 0 Å². The van der Waals surface area contributed by atoms with Crippen LogP contribution in [0.25, 0.3) is 0 Å². The molecule has 0 amide bonds. The van der Waals surface area contributed by atoms with Gasteiger partial charge in [-0.15, -0.1) is 0 Å². The molecule has 0 aromatic rings. The molecule has 0 rings (SSSR count). The van der Waals surface area contributed by atoms with E-state index < -0.39 is 0 Å². The summed E-state index contributed by atoms with van der Waals surface area (Å²) in [5.41, 5.74) is 1.27. The lowest BCUT2D eigenvalue weighted by atomic mass is 10.1. The fourth-order valence-corrected chi connectivity index (χ4v) is 2.89. The molecule has 0 fully saturated rings. The Morgan fingerprint density at radius 3 is 2.63 bits per heavy atom. The van der Waals surface area contributed by atoms with Crippen molar-refractivity contribution in [2.24, 2.45) is 10.9 Å². The van der Waals surface area contributed by atoms with Crippen LogP contribution in [-0.2, 0) is 0 Å². The largest absolute Gasteiger partial charge is 0.396 e. The van der Waals surface area contributed by atoms with Crippen LogP contribution < -0.4 is 5.32 Å². The van der Waals surface area contributed by atoms with Crippen molar-refractivity contribution in [1.82, 2.24) is 5.32 Å². The molecular weight excluding hydrogens is 256 g/mol. The minimum absolute atomic E-state index is 0.322. The van der Waals surface area contributed by atoms with Gasteiger partial charge in [-0.1, -0.05) is 13.8 Å². The molecule has 1 unspecified atom stereocenters.